The van der Waals surface area contributed by atoms with Gasteiger partial charge in [0.15, 0.2) is 5.76 Å². The second-order valence-corrected chi connectivity index (χ2v) is 7.08. The third-order valence-electron chi connectivity index (χ3n) is 4.89. The van der Waals surface area contributed by atoms with E-state index < -0.39 is 0 Å². The summed E-state index contributed by atoms with van der Waals surface area (Å²) in [6, 6.07) is 12.2. The van der Waals surface area contributed by atoms with E-state index >= 15 is 0 Å². The summed E-state index contributed by atoms with van der Waals surface area (Å²) < 4.78 is 7.84. The molecular weight excluding hydrogens is 312 g/mol. The zero-order valence-corrected chi connectivity index (χ0v) is 15.1. The highest BCUT2D eigenvalue weighted by molar-refractivity contribution is 5.58. The van der Waals surface area contributed by atoms with Gasteiger partial charge in [0, 0.05) is 49.8 Å². The van der Waals surface area contributed by atoms with Crippen molar-refractivity contribution in [3.63, 3.8) is 0 Å². The van der Waals surface area contributed by atoms with Gasteiger partial charge >= 0.3 is 0 Å². The van der Waals surface area contributed by atoms with Crippen molar-refractivity contribution in [2.24, 2.45) is 7.05 Å². The van der Waals surface area contributed by atoms with Crippen molar-refractivity contribution in [1.29, 1.82) is 0 Å². The largest absolute Gasteiger partial charge is 0.359 e. The summed E-state index contributed by atoms with van der Waals surface area (Å²) in [5.74, 6) is 2.53. The fourth-order valence-electron chi connectivity index (χ4n) is 3.61. The molecular formula is C20H24N4O. The maximum absolute atomic E-state index is 5.56. The van der Waals surface area contributed by atoms with E-state index in [0.29, 0.717) is 5.92 Å². The van der Waals surface area contributed by atoms with Gasteiger partial charge in [-0.05, 0) is 0 Å². The summed E-state index contributed by atoms with van der Waals surface area (Å²) in [5.41, 5.74) is 4.57. The highest BCUT2D eigenvalue weighted by Gasteiger charge is 2.24. The predicted octanol–water partition coefficient (Wildman–Crippen LogP) is 3.76. The van der Waals surface area contributed by atoms with Crippen LogP contribution in [-0.4, -0.2) is 26.2 Å². The molecule has 130 valence electrons. The quantitative estimate of drug-likeness (QED) is 0.728. The number of aromatic nitrogens is 3. The Labute approximate surface area is 148 Å². The van der Waals surface area contributed by atoms with Gasteiger partial charge < -0.3 is 9.09 Å². The van der Waals surface area contributed by atoms with E-state index in [9.17, 15) is 0 Å². The van der Waals surface area contributed by atoms with E-state index in [1.54, 1.807) is 0 Å². The molecule has 0 fully saturated rings. The van der Waals surface area contributed by atoms with Crippen molar-refractivity contribution in [1.82, 2.24) is 19.6 Å². The van der Waals surface area contributed by atoms with Crippen LogP contribution in [0.15, 0.2) is 40.9 Å². The van der Waals surface area contributed by atoms with Gasteiger partial charge in [0.1, 0.15) is 11.5 Å². The normalized spacial score (nSPS) is 14.9. The first kappa shape index (κ1) is 16.1. The SMILES string of the molecule is CC(C)c1nc2c(n1C)CCN(Cc1cc(-c3ccccc3)no1)C2. The Balaban J connectivity index is 1.48. The van der Waals surface area contributed by atoms with Crippen molar-refractivity contribution in [2.75, 3.05) is 6.54 Å². The monoisotopic (exact) mass is 336 g/mol. The van der Waals surface area contributed by atoms with E-state index in [0.717, 1.165) is 43.1 Å². The number of hydrogen-bond acceptors (Lipinski definition) is 4. The minimum absolute atomic E-state index is 0.451. The standard InChI is InChI=1S/C20H24N4O/c1-14(2)20-21-18-13-24(10-9-19(18)23(20)3)12-16-11-17(22-25-16)15-7-5-4-6-8-15/h4-8,11,14H,9-10,12-13H2,1-3H3. The Morgan fingerprint density at radius 2 is 2.00 bits per heavy atom. The Bertz CT molecular complexity index is 863. The predicted molar refractivity (Wildman–Crippen MR) is 97.1 cm³/mol. The maximum Gasteiger partial charge on any atom is 0.151 e. The minimum atomic E-state index is 0.451. The van der Waals surface area contributed by atoms with Crippen molar-refractivity contribution in [3.05, 3.63) is 59.4 Å². The Morgan fingerprint density at radius 3 is 2.76 bits per heavy atom. The summed E-state index contributed by atoms with van der Waals surface area (Å²) in [6.45, 7) is 7.06. The van der Waals surface area contributed by atoms with Crippen molar-refractivity contribution in [2.45, 2.75) is 39.3 Å². The molecule has 0 saturated heterocycles. The van der Waals surface area contributed by atoms with Crippen LogP contribution < -0.4 is 0 Å². The lowest BCUT2D eigenvalue weighted by molar-refractivity contribution is 0.211. The third-order valence-corrected chi connectivity index (χ3v) is 4.89. The first-order valence-electron chi connectivity index (χ1n) is 8.89. The highest BCUT2D eigenvalue weighted by Crippen LogP contribution is 2.25. The smallest absolute Gasteiger partial charge is 0.151 e. The van der Waals surface area contributed by atoms with Crippen LogP contribution in [0.25, 0.3) is 11.3 Å². The van der Waals surface area contributed by atoms with Crippen LogP contribution >= 0.6 is 0 Å². The molecule has 5 nitrogen and oxygen atoms in total. The number of nitrogens with zero attached hydrogens (tertiary/aromatic N) is 4. The zero-order valence-electron chi connectivity index (χ0n) is 15.1. The Kier molecular flexibility index (Phi) is 4.17. The third kappa shape index (κ3) is 3.12. The fourth-order valence-corrected chi connectivity index (χ4v) is 3.61. The van der Waals surface area contributed by atoms with Crippen LogP contribution in [0, 0.1) is 0 Å². The molecule has 0 N–H and O–H groups in total. The van der Waals surface area contributed by atoms with Gasteiger partial charge in [0.2, 0.25) is 0 Å². The molecule has 1 aromatic carbocycles. The molecule has 2 aromatic heterocycles. The van der Waals surface area contributed by atoms with E-state index in [2.05, 4.69) is 47.7 Å². The lowest BCUT2D eigenvalue weighted by atomic mass is 10.1. The van der Waals surface area contributed by atoms with E-state index in [-0.39, 0.29) is 0 Å². The molecule has 0 aliphatic carbocycles. The lowest BCUT2D eigenvalue weighted by Crippen LogP contribution is -2.30. The van der Waals surface area contributed by atoms with Crippen LogP contribution in [-0.2, 0) is 26.6 Å². The molecule has 0 unspecified atom stereocenters. The molecule has 1 aliphatic rings. The fraction of sp³-hybridized carbons (Fsp3) is 0.400. The Morgan fingerprint density at radius 1 is 1.20 bits per heavy atom. The molecule has 5 heteroatoms. The Hall–Kier alpha value is -2.40. The van der Waals surface area contributed by atoms with Gasteiger partial charge in [0.25, 0.3) is 0 Å². The number of hydrogen-bond donors (Lipinski definition) is 0. The zero-order chi connectivity index (χ0) is 17.4. The topological polar surface area (TPSA) is 47.1 Å². The molecule has 0 bridgehead atoms. The second-order valence-electron chi connectivity index (χ2n) is 7.08. The first-order valence-corrected chi connectivity index (χ1v) is 8.89. The molecule has 0 radical (unpaired) electrons. The summed E-state index contributed by atoms with van der Waals surface area (Å²) >= 11 is 0. The molecule has 25 heavy (non-hydrogen) atoms. The number of benzene rings is 1. The molecule has 4 rings (SSSR count). The van der Waals surface area contributed by atoms with Gasteiger partial charge in [-0.1, -0.05) is 49.3 Å². The van der Waals surface area contributed by atoms with Crippen LogP contribution in [0.4, 0.5) is 0 Å². The number of rotatable bonds is 4. The number of fused-ring (bicyclic) bond motifs is 1. The summed E-state index contributed by atoms with van der Waals surface area (Å²) in [6.07, 6.45) is 1.03. The van der Waals surface area contributed by atoms with Gasteiger partial charge in [0.05, 0.1) is 12.2 Å². The maximum atomic E-state index is 5.56. The van der Waals surface area contributed by atoms with Crippen LogP contribution in [0.2, 0.25) is 0 Å². The van der Waals surface area contributed by atoms with Crippen LogP contribution in [0.5, 0.6) is 0 Å². The molecule has 0 atom stereocenters. The van der Waals surface area contributed by atoms with Gasteiger partial charge in [-0.3, -0.25) is 4.90 Å². The summed E-state index contributed by atoms with van der Waals surface area (Å²) in [5, 5.41) is 4.22. The van der Waals surface area contributed by atoms with Gasteiger partial charge in [-0.2, -0.15) is 0 Å². The van der Waals surface area contributed by atoms with Crippen molar-refractivity contribution in [3.8, 4) is 11.3 Å². The van der Waals surface area contributed by atoms with Crippen LogP contribution in [0.1, 0.15) is 42.7 Å². The van der Waals surface area contributed by atoms with Crippen LogP contribution in [0.3, 0.4) is 0 Å². The lowest BCUT2D eigenvalue weighted by Gasteiger charge is -2.25. The molecule has 3 heterocycles. The van der Waals surface area contributed by atoms with Crippen molar-refractivity contribution < 1.29 is 4.52 Å². The van der Waals surface area contributed by atoms with Gasteiger partial charge in [-0.15, -0.1) is 0 Å². The highest BCUT2D eigenvalue weighted by atomic mass is 16.5. The summed E-state index contributed by atoms with van der Waals surface area (Å²) in [7, 11) is 2.14. The average molecular weight is 336 g/mol. The number of imidazole rings is 1. The molecule has 3 aromatic rings. The minimum Gasteiger partial charge on any atom is -0.359 e. The molecule has 0 amide bonds. The summed E-state index contributed by atoms with van der Waals surface area (Å²) in [4.78, 5) is 7.25. The van der Waals surface area contributed by atoms with E-state index in [1.165, 1.54) is 17.2 Å². The molecule has 1 aliphatic heterocycles. The first-order chi connectivity index (χ1) is 12.1. The molecule has 0 spiro atoms. The average Bonchev–Trinajstić information content (AvgIpc) is 3.21. The van der Waals surface area contributed by atoms with Gasteiger partial charge in [-0.25, -0.2) is 4.98 Å². The second kappa shape index (κ2) is 6.48. The van der Waals surface area contributed by atoms with Crippen molar-refractivity contribution >= 4 is 0 Å². The van der Waals surface area contributed by atoms with E-state index in [1.807, 2.05) is 24.3 Å². The van der Waals surface area contributed by atoms with E-state index in [4.69, 9.17) is 9.51 Å². The molecule has 0 saturated carbocycles.